The number of esters is 1. The fraction of sp³-hybridized carbons (Fsp3) is 0.188. The highest BCUT2D eigenvalue weighted by Crippen LogP contribution is 2.19. The lowest BCUT2D eigenvalue weighted by atomic mass is 10.1. The molecular weight excluding hydrogens is 298 g/mol. The number of nitrogens with one attached hydrogen (secondary N) is 1. The molecule has 0 saturated heterocycles. The van der Waals surface area contributed by atoms with E-state index in [2.05, 4.69) is 10.1 Å². The zero-order valence-electron chi connectivity index (χ0n) is 12.4. The van der Waals surface area contributed by atoms with Crippen LogP contribution >= 0.6 is 0 Å². The molecule has 0 saturated carbocycles. The molecule has 0 fully saturated rings. The summed E-state index contributed by atoms with van der Waals surface area (Å²) in [7, 11) is 0. The first-order chi connectivity index (χ1) is 11.1. The molecule has 0 atom stereocenters. The van der Waals surface area contributed by atoms with Crippen LogP contribution in [0.4, 0.5) is 0 Å². The molecule has 2 aromatic heterocycles. The molecule has 0 unspecified atom stereocenters. The van der Waals surface area contributed by atoms with Crippen LogP contribution in [0.15, 0.2) is 41.3 Å². The van der Waals surface area contributed by atoms with Crippen LogP contribution in [0.2, 0.25) is 0 Å². The first-order valence-electron chi connectivity index (χ1n) is 7.14. The molecule has 23 heavy (non-hydrogen) atoms. The van der Waals surface area contributed by atoms with Crippen LogP contribution in [0.1, 0.15) is 28.4 Å². The van der Waals surface area contributed by atoms with Gasteiger partial charge in [-0.1, -0.05) is 30.3 Å². The van der Waals surface area contributed by atoms with Gasteiger partial charge < -0.3 is 14.8 Å². The van der Waals surface area contributed by atoms with Crippen LogP contribution in [0.5, 0.6) is 5.88 Å². The lowest BCUT2D eigenvalue weighted by Gasteiger charge is -2.06. The molecule has 3 rings (SSSR count). The molecule has 0 aliphatic carbocycles. The molecule has 0 spiro atoms. The lowest BCUT2D eigenvalue weighted by molar-refractivity contribution is 0.0528. The van der Waals surface area contributed by atoms with Gasteiger partial charge in [0.15, 0.2) is 5.65 Å². The second kappa shape index (κ2) is 5.96. The van der Waals surface area contributed by atoms with Crippen molar-refractivity contribution in [2.75, 3.05) is 6.61 Å². The number of ether oxygens (including phenoxy) is 1. The highest BCUT2D eigenvalue weighted by Gasteiger charge is 2.20. The quantitative estimate of drug-likeness (QED) is 0.711. The van der Waals surface area contributed by atoms with Gasteiger partial charge in [-0.2, -0.15) is 9.61 Å². The first-order valence-corrected chi connectivity index (χ1v) is 7.14. The van der Waals surface area contributed by atoms with Gasteiger partial charge >= 0.3 is 5.97 Å². The SMILES string of the molecule is CCOC(=O)c1cnn2c(O)c(Cc3ccccc3)c(=O)[nH]c12. The van der Waals surface area contributed by atoms with E-state index in [0.29, 0.717) is 0 Å². The van der Waals surface area contributed by atoms with Crippen molar-refractivity contribution >= 4 is 11.6 Å². The molecular formula is C16H15N3O4. The number of carbonyl (C=O) groups is 1. The van der Waals surface area contributed by atoms with Crippen molar-refractivity contribution in [2.45, 2.75) is 13.3 Å². The number of rotatable bonds is 4. The maximum atomic E-state index is 12.3. The van der Waals surface area contributed by atoms with Crippen LogP contribution in [-0.2, 0) is 11.2 Å². The predicted molar refractivity (Wildman–Crippen MR) is 82.7 cm³/mol. The van der Waals surface area contributed by atoms with Crippen molar-refractivity contribution in [3.05, 3.63) is 63.6 Å². The van der Waals surface area contributed by atoms with Gasteiger partial charge in [0.25, 0.3) is 5.56 Å². The summed E-state index contributed by atoms with van der Waals surface area (Å²) >= 11 is 0. The summed E-state index contributed by atoms with van der Waals surface area (Å²) in [5.41, 5.74) is 0.811. The number of hydrogen-bond donors (Lipinski definition) is 2. The van der Waals surface area contributed by atoms with E-state index >= 15 is 0 Å². The predicted octanol–water partition coefficient (Wildman–Crippen LogP) is 1.50. The van der Waals surface area contributed by atoms with Gasteiger partial charge in [-0.25, -0.2) is 4.79 Å². The summed E-state index contributed by atoms with van der Waals surface area (Å²) in [6.45, 7) is 1.89. The Bertz CT molecular complexity index is 912. The first kappa shape index (κ1) is 14.8. The number of aromatic nitrogens is 3. The molecule has 1 aromatic carbocycles. The van der Waals surface area contributed by atoms with Gasteiger partial charge in [-0.05, 0) is 12.5 Å². The van der Waals surface area contributed by atoms with Crippen LogP contribution in [-0.4, -0.2) is 32.3 Å². The molecule has 2 heterocycles. The topological polar surface area (TPSA) is 96.7 Å². The minimum Gasteiger partial charge on any atom is -0.493 e. The van der Waals surface area contributed by atoms with Crippen molar-refractivity contribution in [3.63, 3.8) is 0 Å². The largest absolute Gasteiger partial charge is 0.493 e. The third kappa shape index (κ3) is 2.68. The van der Waals surface area contributed by atoms with Crippen molar-refractivity contribution in [1.82, 2.24) is 14.6 Å². The Kier molecular flexibility index (Phi) is 3.84. The second-order valence-electron chi connectivity index (χ2n) is 4.96. The van der Waals surface area contributed by atoms with Crippen LogP contribution in [0.3, 0.4) is 0 Å². The molecule has 7 nitrogen and oxygen atoms in total. The number of fused-ring (bicyclic) bond motifs is 1. The molecule has 0 bridgehead atoms. The number of aromatic hydroxyl groups is 1. The van der Waals surface area contributed by atoms with Gasteiger partial charge in [0, 0.05) is 6.42 Å². The van der Waals surface area contributed by atoms with Crippen LogP contribution < -0.4 is 5.56 Å². The number of benzene rings is 1. The van der Waals surface area contributed by atoms with Crippen LogP contribution in [0.25, 0.3) is 5.65 Å². The van der Waals surface area contributed by atoms with Gasteiger partial charge in [-0.3, -0.25) is 4.79 Å². The Balaban J connectivity index is 2.09. The zero-order valence-corrected chi connectivity index (χ0v) is 12.4. The van der Waals surface area contributed by atoms with Gasteiger partial charge in [0.05, 0.1) is 18.4 Å². The zero-order chi connectivity index (χ0) is 16.4. The molecule has 0 aliphatic rings. The Labute approximate surface area is 131 Å². The molecule has 2 N–H and O–H groups in total. The van der Waals surface area contributed by atoms with E-state index in [1.54, 1.807) is 6.92 Å². The van der Waals surface area contributed by atoms with E-state index in [1.165, 1.54) is 6.20 Å². The average molecular weight is 313 g/mol. The highest BCUT2D eigenvalue weighted by molar-refractivity contribution is 5.95. The number of H-pyrrole nitrogens is 1. The third-order valence-electron chi connectivity index (χ3n) is 3.46. The highest BCUT2D eigenvalue weighted by atomic mass is 16.5. The van der Waals surface area contributed by atoms with Gasteiger partial charge in [0.1, 0.15) is 5.56 Å². The van der Waals surface area contributed by atoms with E-state index in [4.69, 9.17) is 4.74 Å². The van der Waals surface area contributed by atoms with E-state index < -0.39 is 11.5 Å². The van der Waals surface area contributed by atoms with E-state index in [0.717, 1.165) is 10.1 Å². The standard InChI is InChI=1S/C16H15N3O4/c1-2-23-16(22)12-9-17-19-13(12)18-14(20)11(15(19)21)8-10-6-4-3-5-7-10/h3-7,9,21H,2,8H2,1H3,(H,18,20). The fourth-order valence-electron chi connectivity index (χ4n) is 2.36. The normalized spacial score (nSPS) is 10.8. The number of hydrogen-bond acceptors (Lipinski definition) is 5. The molecule has 0 aliphatic heterocycles. The van der Waals surface area contributed by atoms with Crippen LogP contribution in [0, 0.1) is 0 Å². The fourth-order valence-corrected chi connectivity index (χ4v) is 2.36. The number of carbonyl (C=O) groups excluding carboxylic acids is 1. The summed E-state index contributed by atoms with van der Waals surface area (Å²) < 4.78 is 6.03. The van der Waals surface area contributed by atoms with Crippen molar-refractivity contribution in [2.24, 2.45) is 0 Å². The Morgan fingerprint density at radius 1 is 1.35 bits per heavy atom. The van der Waals surface area contributed by atoms with Gasteiger partial charge in [-0.15, -0.1) is 0 Å². The Morgan fingerprint density at radius 2 is 2.09 bits per heavy atom. The number of nitrogens with zero attached hydrogens (tertiary/aromatic N) is 2. The number of aromatic amines is 1. The van der Waals surface area contributed by atoms with Crippen molar-refractivity contribution in [1.29, 1.82) is 0 Å². The minimum absolute atomic E-state index is 0.102. The Hall–Kier alpha value is -3.09. The Morgan fingerprint density at radius 3 is 2.78 bits per heavy atom. The maximum Gasteiger partial charge on any atom is 0.343 e. The minimum atomic E-state index is -0.603. The van der Waals surface area contributed by atoms with Crippen molar-refractivity contribution in [3.8, 4) is 5.88 Å². The third-order valence-corrected chi connectivity index (χ3v) is 3.46. The summed E-state index contributed by atoms with van der Waals surface area (Å²) in [4.78, 5) is 26.7. The smallest absolute Gasteiger partial charge is 0.343 e. The maximum absolute atomic E-state index is 12.3. The van der Waals surface area contributed by atoms with E-state index in [-0.39, 0.29) is 35.7 Å². The summed E-state index contributed by atoms with van der Waals surface area (Å²) in [6.07, 6.45) is 1.52. The van der Waals surface area contributed by atoms with Crippen molar-refractivity contribution < 1.29 is 14.6 Å². The molecule has 3 aromatic rings. The monoisotopic (exact) mass is 313 g/mol. The van der Waals surface area contributed by atoms with E-state index in [9.17, 15) is 14.7 Å². The van der Waals surface area contributed by atoms with Gasteiger partial charge in [0.2, 0.25) is 5.88 Å². The summed E-state index contributed by atoms with van der Waals surface area (Å²) in [6, 6.07) is 9.29. The van der Waals surface area contributed by atoms with E-state index in [1.807, 2.05) is 30.3 Å². The molecule has 7 heteroatoms. The molecule has 118 valence electrons. The summed E-state index contributed by atoms with van der Waals surface area (Å²) in [5.74, 6) is -0.892. The molecule has 0 radical (unpaired) electrons. The lowest BCUT2D eigenvalue weighted by Crippen LogP contribution is -2.17. The summed E-state index contributed by atoms with van der Waals surface area (Å²) in [5, 5.41) is 14.3. The molecule has 0 amide bonds. The average Bonchev–Trinajstić information content (AvgIpc) is 2.96. The second-order valence-corrected chi connectivity index (χ2v) is 4.96.